The van der Waals surface area contributed by atoms with Gasteiger partial charge in [0.05, 0.1) is 5.69 Å². The molecule has 0 N–H and O–H groups in total. The smallest absolute Gasteiger partial charge is 0.0536 e. The van der Waals surface area contributed by atoms with Crippen molar-refractivity contribution in [3.05, 3.63) is 224 Å². The second kappa shape index (κ2) is 14.8. The van der Waals surface area contributed by atoms with E-state index in [0.717, 1.165) is 35.3 Å². The maximum Gasteiger partial charge on any atom is 0.0536 e. The van der Waals surface area contributed by atoms with Gasteiger partial charge in [0.25, 0.3) is 0 Å². The summed E-state index contributed by atoms with van der Waals surface area (Å²) in [7, 11) is 0. The molecule has 278 valence electrons. The van der Waals surface area contributed by atoms with Gasteiger partial charge in [-0.25, -0.2) is 0 Å². The van der Waals surface area contributed by atoms with Crippen LogP contribution in [0.15, 0.2) is 213 Å². The third kappa shape index (κ3) is 6.18. The highest BCUT2D eigenvalue weighted by molar-refractivity contribution is 6.23. The third-order valence-electron chi connectivity index (χ3n) is 12.0. The van der Waals surface area contributed by atoms with Gasteiger partial charge in [0, 0.05) is 29.3 Å². The lowest BCUT2D eigenvalue weighted by atomic mass is 9.84. The van der Waals surface area contributed by atoms with E-state index in [0.29, 0.717) is 0 Å². The molecule has 0 saturated heterocycles. The molecule has 1 aromatic heterocycles. The Morgan fingerprint density at radius 2 is 0.949 bits per heavy atom. The Balaban J connectivity index is 0.977. The molecule has 0 bridgehead atoms. The van der Waals surface area contributed by atoms with Crippen molar-refractivity contribution in [2.45, 2.75) is 12.8 Å². The molecule has 0 unspecified atom stereocenters. The van der Waals surface area contributed by atoms with E-state index >= 15 is 0 Å². The Kier molecular flexibility index (Phi) is 8.67. The van der Waals surface area contributed by atoms with Crippen LogP contribution in [0.4, 0.5) is 17.1 Å². The average molecular weight is 753 g/mol. The van der Waals surface area contributed by atoms with E-state index in [2.05, 4.69) is 210 Å². The van der Waals surface area contributed by atoms with Crippen molar-refractivity contribution in [2.75, 3.05) is 4.90 Å². The van der Waals surface area contributed by atoms with E-state index in [-0.39, 0.29) is 0 Å². The zero-order valence-corrected chi connectivity index (χ0v) is 32.6. The molecule has 1 aliphatic carbocycles. The number of anilines is 3. The van der Waals surface area contributed by atoms with Crippen LogP contribution in [-0.2, 0) is 6.42 Å². The minimum Gasteiger partial charge on any atom is -0.310 e. The summed E-state index contributed by atoms with van der Waals surface area (Å²) in [6.07, 6.45) is 10.5. The molecule has 1 aliphatic rings. The van der Waals surface area contributed by atoms with Crippen molar-refractivity contribution in [1.29, 1.82) is 0 Å². The van der Waals surface area contributed by atoms with Crippen molar-refractivity contribution in [3.63, 3.8) is 0 Å². The highest BCUT2D eigenvalue weighted by Crippen LogP contribution is 2.46. The molecule has 1 heterocycles. The van der Waals surface area contributed by atoms with Crippen molar-refractivity contribution >= 4 is 55.5 Å². The number of aromatic nitrogens is 1. The molecule has 0 spiro atoms. The topological polar surface area (TPSA) is 16.1 Å². The predicted octanol–water partition coefficient (Wildman–Crippen LogP) is 15.6. The van der Waals surface area contributed by atoms with Crippen molar-refractivity contribution in [2.24, 2.45) is 0 Å². The van der Waals surface area contributed by atoms with Crippen LogP contribution >= 0.6 is 0 Å². The van der Waals surface area contributed by atoms with E-state index < -0.39 is 0 Å². The summed E-state index contributed by atoms with van der Waals surface area (Å²) in [5.74, 6) is 0. The molecule has 0 saturated carbocycles. The quantitative estimate of drug-likeness (QED) is 0.151. The average Bonchev–Trinajstić information content (AvgIpc) is 3.31. The molecule has 0 atom stereocenters. The van der Waals surface area contributed by atoms with E-state index in [4.69, 9.17) is 0 Å². The highest BCUT2D eigenvalue weighted by Gasteiger charge is 2.20. The minimum atomic E-state index is 1.06. The normalized spacial score (nSPS) is 12.2. The van der Waals surface area contributed by atoms with E-state index in [1.54, 1.807) is 0 Å². The number of aryl methyl sites for hydroxylation is 1. The van der Waals surface area contributed by atoms with Gasteiger partial charge in [-0.2, -0.15) is 0 Å². The van der Waals surface area contributed by atoms with Gasteiger partial charge in [-0.3, -0.25) is 4.98 Å². The SMILES string of the molecule is C1=Cc2c(cccc2N(c2ccc(-c3ccc(-c4c5ccccc5c(-c5cccc6ccccc56)c5ccccc45)cc3)cc2)c2ccc(-c3cccnc3)cc2)CC1. The number of benzene rings is 9. The van der Waals surface area contributed by atoms with Gasteiger partial charge < -0.3 is 4.90 Å². The summed E-state index contributed by atoms with van der Waals surface area (Å²) in [5.41, 5.74) is 15.8. The Hall–Kier alpha value is -7.55. The number of rotatable bonds is 7. The number of hydrogen-bond acceptors (Lipinski definition) is 2. The Morgan fingerprint density at radius 3 is 1.59 bits per heavy atom. The molecule has 0 radical (unpaired) electrons. The monoisotopic (exact) mass is 752 g/mol. The molecule has 2 heteroatoms. The summed E-state index contributed by atoms with van der Waals surface area (Å²) in [6.45, 7) is 0. The first-order chi connectivity index (χ1) is 29.3. The summed E-state index contributed by atoms with van der Waals surface area (Å²) in [5, 5.41) is 7.59. The lowest BCUT2D eigenvalue weighted by Gasteiger charge is -2.29. The first-order valence-electron chi connectivity index (χ1n) is 20.5. The lowest BCUT2D eigenvalue weighted by Crippen LogP contribution is -2.13. The molecule has 0 fully saturated rings. The first-order valence-corrected chi connectivity index (χ1v) is 20.5. The Labute approximate surface area is 345 Å². The summed E-state index contributed by atoms with van der Waals surface area (Å²) in [6, 6.07) is 71.1. The van der Waals surface area contributed by atoms with E-state index in [1.165, 1.54) is 82.5 Å². The molecule has 9 aromatic carbocycles. The van der Waals surface area contributed by atoms with Crippen LogP contribution in [0, 0.1) is 0 Å². The fraction of sp³-hybridized carbons (Fsp3) is 0.0351. The van der Waals surface area contributed by atoms with Gasteiger partial charge in [-0.05, 0) is 132 Å². The van der Waals surface area contributed by atoms with Crippen LogP contribution in [0.2, 0.25) is 0 Å². The molecular weight excluding hydrogens is 713 g/mol. The fourth-order valence-electron chi connectivity index (χ4n) is 9.21. The van der Waals surface area contributed by atoms with Gasteiger partial charge in [0.1, 0.15) is 0 Å². The number of nitrogens with zero attached hydrogens (tertiary/aromatic N) is 2. The number of fused-ring (bicyclic) bond motifs is 4. The highest BCUT2D eigenvalue weighted by atomic mass is 15.1. The van der Waals surface area contributed by atoms with Crippen LogP contribution < -0.4 is 4.90 Å². The fourth-order valence-corrected chi connectivity index (χ4v) is 9.21. The molecule has 11 rings (SSSR count). The molecule has 0 amide bonds. The molecule has 0 aliphatic heterocycles. The molecule has 2 nitrogen and oxygen atoms in total. The number of hydrogen-bond donors (Lipinski definition) is 0. The molecule has 10 aromatic rings. The van der Waals surface area contributed by atoms with E-state index in [1.807, 2.05) is 18.5 Å². The summed E-state index contributed by atoms with van der Waals surface area (Å²) in [4.78, 5) is 6.74. The van der Waals surface area contributed by atoms with Crippen LogP contribution in [0.5, 0.6) is 0 Å². The van der Waals surface area contributed by atoms with E-state index in [9.17, 15) is 0 Å². The van der Waals surface area contributed by atoms with Crippen molar-refractivity contribution < 1.29 is 0 Å². The first kappa shape index (κ1) is 34.7. The lowest BCUT2D eigenvalue weighted by molar-refractivity contribution is 0.984. The zero-order valence-electron chi connectivity index (χ0n) is 32.6. The van der Waals surface area contributed by atoms with Crippen LogP contribution in [0.3, 0.4) is 0 Å². The van der Waals surface area contributed by atoms with Gasteiger partial charge in [-0.1, -0.05) is 170 Å². The predicted molar refractivity (Wildman–Crippen MR) is 251 cm³/mol. The summed E-state index contributed by atoms with van der Waals surface area (Å²) >= 11 is 0. The standard InChI is InChI=1S/C57H40N2/c1-3-17-48-42(12-1)14-9-23-50(48)57-53-21-7-5-19-51(53)56(52-20-6-8-22-54(52)57)44-27-25-39(26-28-44)40-29-33-46(34-30-40)59(55-24-10-15-43-13-2-4-18-49(43)55)47-35-31-41(32-36-47)45-16-11-37-58-38-45/h1,3-12,14-38H,2,13H2. The Morgan fingerprint density at radius 1 is 0.407 bits per heavy atom. The van der Waals surface area contributed by atoms with Crippen LogP contribution in [0.1, 0.15) is 17.5 Å². The van der Waals surface area contributed by atoms with Crippen LogP contribution in [-0.4, -0.2) is 4.98 Å². The van der Waals surface area contributed by atoms with Crippen molar-refractivity contribution in [3.8, 4) is 44.5 Å². The zero-order chi connectivity index (χ0) is 39.1. The van der Waals surface area contributed by atoms with Crippen LogP contribution in [0.25, 0.3) is 82.9 Å². The second-order valence-electron chi connectivity index (χ2n) is 15.4. The minimum absolute atomic E-state index is 1.06. The number of pyridine rings is 1. The third-order valence-corrected chi connectivity index (χ3v) is 12.0. The van der Waals surface area contributed by atoms with Gasteiger partial charge in [0.15, 0.2) is 0 Å². The van der Waals surface area contributed by atoms with Gasteiger partial charge in [-0.15, -0.1) is 0 Å². The van der Waals surface area contributed by atoms with Gasteiger partial charge in [0.2, 0.25) is 0 Å². The maximum absolute atomic E-state index is 4.34. The maximum atomic E-state index is 4.34. The number of allylic oxidation sites excluding steroid dienone is 1. The molecular formula is C57H40N2. The molecule has 59 heavy (non-hydrogen) atoms. The summed E-state index contributed by atoms with van der Waals surface area (Å²) < 4.78 is 0. The second-order valence-corrected chi connectivity index (χ2v) is 15.4. The Bertz CT molecular complexity index is 3120. The largest absolute Gasteiger partial charge is 0.310 e. The van der Waals surface area contributed by atoms with Crippen molar-refractivity contribution in [1.82, 2.24) is 4.98 Å². The van der Waals surface area contributed by atoms with Gasteiger partial charge >= 0.3 is 0 Å².